The molecule has 0 spiro atoms. The molecular formula is C17H23NO. The summed E-state index contributed by atoms with van der Waals surface area (Å²) in [4.78, 5) is 12.4. The SMILES string of the molecule is CC1(C)[C@H]2CC[C@](C)(C2)[C@@H]1NC(=O)c1ccccc1. The molecule has 1 amide bonds. The van der Waals surface area contributed by atoms with E-state index in [1.165, 1.54) is 19.3 Å². The van der Waals surface area contributed by atoms with Crippen LogP contribution in [0, 0.1) is 16.7 Å². The van der Waals surface area contributed by atoms with Crippen LogP contribution in [0.5, 0.6) is 0 Å². The van der Waals surface area contributed by atoms with Gasteiger partial charge in [-0.3, -0.25) is 4.79 Å². The third-order valence-electron chi connectivity index (χ3n) is 5.58. The lowest BCUT2D eigenvalue weighted by molar-refractivity contribution is 0.0737. The normalized spacial score (nSPS) is 35.3. The van der Waals surface area contributed by atoms with Gasteiger partial charge in [0.1, 0.15) is 0 Å². The summed E-state index contributed by atoms with van der Waals surface area (Å²) in [5.74, 6) is 0.839. The number of amides is 1. The minimum Gasteiger partial charge on any atom is -0.348 e. The van der Waals surface area contributed by atoms with Gasteiger partial charge < -0.3 is 5.32 Å². The lowest BCUT2D eigenvalue weighted by Crippen LogP contribution is -2.52. The van der Waals surface area contributed by atoms with Gasteiger partial charge in [-0.15, -0.1) is 0 Å². The molecule has 1 N–H and O–H groups in total. The van der Waals surface area contributed by atoms with E-state index in [1.807, 2.05) is 30.3 Å². The van der Waals surface area contributed by atoms with Gasteiger partial charge in [0.25, 0.3) is 5.91 Å². The largest absolute Gasteiger partial charge is 0.348 e. The average molecular weight is 257 g/mol. The molecule has 0 aliphatic heterocycles. The molecule has 2 saturated carbocycles. The average Bonchev–Trinajstić information content (AvgIpc) is 2.87. The summed E-state index contributed by atoms with van der Waals surface area (Å²) >= 11 is 0. The van der Waals surface area contributed by atoms with Gasteiger partial charge in [-0.05, 0) is 48.1 Å². The molecule has 0 radical (unpaired) electrons. The molecule has 3 atom stereocenters. The highest BCUT2D eigenvalue weighted by atomic mass is 16.1. The number of benzene rings is 1. The van der Waals surface area contributed by atoms with Gasteiger partial charge in [0.2, 0.25) is 0 Å². The lowest BCUT2D eigenvalue weighted by Gasteiger charge is -2.43. The van der Waals surface area contributed by atoms with Crippen molar-refractivity contribution >= 4 is 5.91 Å². The molecule has 102 valence electrons. The Morgan fingerprint density at radius 2 is 1.89 bits per heavy atom. The molecule has 2 fully saturated rings. The predicted octanol–water partition coefficient (Wildman–Crippen LogP) is 3.63. The molecule has 3 rings (SSSR count). The lowest BCUT2D eigenvalue weighted by atomic mass is 9.68. The number of carbonyl (C=O) groups is 1. The highest BCUT2D eigenvalue weighted by molar-refractivity contribution is 5.94. The fourth-order valence-corrected chi connectivity index (χ4v) is 4.47. The Hall–Kier alpha value is -1.31. The van der Waals surface area contributed by atoms with Crippen molar-refractivity contribution in [1.82, 2.24) is 5.32 Å². The summed E-state index contributed by atoms with van der Waals surface area (Å²) in [6.45, 7) is 6.98. The van der Waals surface area contributed by atoms with E-state index >= 15 is 0 Å². The molecule has 2 aliphatic carbocycles. The zero-order valence-electron chi connectivity index (χ0n) is 12.1. The van der Waals surface area contributed by atoms with Crippen molar-refractivity contribution in [1.29, 1.82) is 0 Å². The van der Waals surface area contributed by atoms with Crippen molar-refractivity contribution in [2.45, 2.75) is 46.1 Å². The molecule has 1 aromatic carbocycles. The second kappa shape index (κ2) is 4.09. The molecule has 2 bridgehead atoms. The summed E-state index contributed by atoms with van der Waals surface area (Å²) in [5.41, 5.74) is 1.28. The zero-order chi connectivity index (χ0) is 13.7. The van der Waals surface area contributed by atoms with Crippen LogP contribution in [0.1, 0.15) is 50.4 Å². The highest BCUT2D eigenvalue weighted by Crippen LogP contribution is 2.62. The molecule has 2 heteroatoms. The summed E-state index contributed by atoms with van der Waals surface area (Å²) in [6.07, 6.45) is 3.84. The number of hydrogen-bond donors (Lipinski definition) is 1. The van der Waals surface area contributed by atoms with Crippen LogP contribution >= 0.6 is 0 Å². The van der Waals surface area contributed by atoms with Gasteiger partial charge in [-0.1, -0.05) is 39.0 Å². The van der Waals surface area contributed by atoms with Gasteiger partial charge in [-0.25, -0.2) is 0 Å². The van der Waals surface area contributed by atoms with E-state index in [4.69, 9.17) is 0 Å². The monoisotopic (exact) mass is 257 g/mol. The Morgan fingerprint density at radius 3 is 2.47 bits per heavy atom. The van der Waals surface area contributed by atoms with E-state index in [0.717, 1.165) is 11.5 Å². The van der Waals surface area contributed by atoms with E-state index < -0.39 is 0 Å². The molecule has 2 nitrogen and oxygen atoms in total. The Labute approximate surface area is 115 Å². The summed E-state index contributed by atoms with van der Waals surface area (Å²) in [6, 6.07) is 9.85. The molecular weight excluding hydrogens is 234 g/mol. The van der Waals surface area contributed by atoms with Crippen molar-refractivity contribution in [3.05, 3.63) is 35.9 Å². The number of carbonyl (C=O) groups excluding carboxylic acids is 1. The van der Waals surface area contributed by atoms with E-state index in [2.05, 4.69) is 26.1 Å². The predicted molar refractivity (Wildman–Crippen MR) is 76.9 cm³/mol. The van der Waals surface area contributed by atoms with Crippen molar-refractivity contribution in [3.8, 4) is 0 Å². The zero-order valence-corrected chi connectivity index (χ0v) is 12.1. The third-order valence-corrected chi connectivity index (χ3v) is 5.58. The topological polar surface area (TPSA) is 29.1 Å². The molecule has 2 aliphatic rings. The van der Waals surface area contributed by atoms with Gasteiger partial charge in [0.05, 0.1) is 0 Å². The van der Waals surface area contributed by atoms with Gasteiger partial charge >= 0.3 is 0 Å². The Morgan fingerprint density at radius 1 is 1.21 bits per heavy atom. The van der Waals surface area contributed by atoms with Crippen LogP contribution < -0.4 is 5.32 Å². The van der Waals surface area contributed by atoms with Crippen LogP contribution in [0.4, 0.5) is 0 Å². The smallest absolute Gasteiger partial charge is 0.251 e. The first-order chi connectivity index (χ1) is 8.93. The van der Waals surface area contributed by atoms with Crippen LogP contribution in [0.2, 0.25) is 0 Å². The number of fused-ring (bicyclic) bond motifs is 2. The van der Waals surface area contributed by atoms with Gasteiger partial charge in [0.15, 0.2) is 0 Å². The van der Waals surface area contributed by atoms with Crippen LogP contribution in [0.3, 0.4) is 0 Å². The first kappa shape index (κ1) is 12.7. The quantitative estimate of drug-likeness (QED) is 0.861. The molecule has 0 saturated heterocycles. The minimum atomic E-state index is 0.0763. The molecule has 19 heavy (non-hydrogen) atoms. The van der Waals surface area contributed by atoms with E-state index in [9.17, 15) is 4.79 Å². The second-order valence-electron chi connectivity index (χ2n) is 7.19. The number of rotatable bonds is 2. The maximum absolute atomic E-state index is 12.4. The first-order valence-electron chi connectivity index (χ1n) is 7.29. The van der Waals surface area contributed by atoms with Crippen LogP contribution in [-0.2, 0) is 0 Å². The number of hydrogen-bond acceptors (Lipinski definition) is 1. The van der Waals surface area contributed by atoms with E-state index in [0.29, 0.717) is 11.5 Å². The van der Waals surface area contributed by atoms with Crippen molar-refractivity contribution in [2.24, 2.45) is 16.7 Å². The van der Waals surface area contributed by atoms with E-state index in [1.54, 1.807) is 0 Å². The fraction of sp³-hybridized carbons (Fsp3) is 0.588. The summed E-state index contributed by atoms with van der Waals surface area (Å²) in [7, 11) is 0. The van der Waals surface area contributed by atoms with Crippen molar-refractivity contribution < 1.29 is 4.79 Å². The van der Waals surface area contributed by atoms with Gasteiger partial charge in [-0.2, -0.15) is 0 Å². The third kappa shape index (κ3) is 1.89. The summed E-state index contributed by atoms with van der Waals surface area (Å²) < 4.78 is 0. The Kier molecular flexibility index (Phi) is 2.74. The fourth-order valence-electron chi connectivity index (χ4n) is 4.47. The van der Waals surface area contributed by atoms with E-state index in [-0.39, 0.29) is 11.3 Å². The number of nitrogens with one attached hydrogen (secondary N) is 1. The van der Waals surface area contributed by atoms with Crippen molar-refractivity contribution in [2.75, 3.05) is 0 Å². The maximum atomic E-state index is 12.4. The highest BCUT2D eigenvalue weighted by Gasteiger charge is 2.59. The van der Waals surface area contributed by atoms with Gasteiger partial charge in [0, 0.05) is 11.6 Å². The minimum absolute atomic E-state index is 0.0763. The Balaban J connectivity index is 1.82. The standard InChI is InChI=1S/C17H23NO/c1-16(2)13-9-10-17(3,11-13)15(16)18-14(19)12-7-5-4-6-8-12/h4-8,13,15H,9-11H2,1-3H3,(H,18,19)/t13-,15+,17+/m0/s1. The molecule has 0 aromatic heterocycles. The molecule has 0 unspecified atom stereocenters. The van der Waals surface area contributed by atoms with Crippen LogP contribution in [-0.4, -0.2) is 11.9 Å². The maximum Gasteiger partial charge on any atom is 0.251 e. The van der Waals surface area contributed by atoms with Crippen LogP contribution in [0.15, 0.2) is 30.3 Å². The van der Waals surface area contributed by atoms with Crippen molar-refractivity contribution in [3.63, 3.8) is 0 Å². The summed E-state index contributed by atoms with van der Waals surface area (Å²) in [5, 5.41) is 3.32. The second-order valence-corrected chi connectivity index (χ2v) is 7.19. The Bertz CT molecular complexity index is 488. The molecule has 0 heterocycles. The molecule has 1 aromatic rings. The first-order valence-corrected chi connectivity index (χ1v) is 7.29. The van der Waals surface area contributed by atoms with Crippen LogP contribution in [0.25, 0.3) is 0 Å².